The SMILES string of the molecule is CCOc1cc(=O)n2c(c1C(=O)Nc1cccc(CC)c1)CCCC2. The van der Waals surface area contributed by atoms with Crippen LogP contribution in [0.3, 0.4) is 0 Å². The third kappa shape index (κ3) is 3.60. The molecule has 1 amide bonds. The molecule has 2 aromatic rings. The molecule has 0 saturated carbocycles. The number of benzene rings is 1. The maximum atomic E-state index is 13.0. The maximum Gasteiger partial charge on any atom is 0.261 e. The molecule has 0 aliphatic carbocycles. The molecule has 0 radical (unpaired) electrons. The number of nitrogens with one attached hydrogen (secondary N) is 1. The number of anilines is 1. The Hall–Kier alpha value is -2.56. The van der Waals surface area contributed by atoms with Gasteiger partial charge in [0.2, 0.25) is 0 Å². The molecule has 1 aromatic heterocycles. The normalized spacial score (nSPS) is 13.2. The first-order chi connectivity index (χ1) is 12.1. The molecule has 1 N–H and O–H groups in total. The van der Waals surface area contributed by atoms with Crippen molar-refractivity contribution in [1.82, 2.24) is 4.57 Å². The van der Waals surface area contributed by atoms with Gasteiger partial charge in [0.25, 0.3) is 11.5 Å². The third-order valence-electron chi connectivity index (χ3n) is 4.55. The largest absolute Gasteiger partial charge is 0.493 e. The van der Waals surface area contributed by atoms with Crippen molar-refractivity contribution in [3.63, 3.8) is 0 Å². The predicted octanol–water partition coefficient (Wildman–Crippen LogP) is 3.40. The highest BCUT2D eigenvalue weighted by Crippen LogP contribution is 2.26. The number of pyridine rings is 1. The van der Waals surface area contributed by atoms with Crippen LogP contribution >= 0.6 is 0 Å². The second kappa shape index (κ2) is 7.55. The highest BCUT2D eigenvalue weighted by molar-refractivity contribution is 6.07. The van der Waals surface area contributed by atoms with Crippen LogP contribution in [0.15, 0.2) is 35.1 Å². The summed E-state index contributed by atoms with van der Waals surface area (Å²) in [7, 11) is 0. The zero-order valence-corrected chi connectivity index (χ0v) is 14.8. The second-order valence-corrected chi connectivity index (χ2v) is 6.22. The first-order valence-corrected chi connectivity index (χ1v) is 8.93. The van der Waals surface area contributed by atoms with E-state index in [9.17, 15) is 9.59 Å². The van der Waals surface area contributed by atoms with E-state index in [4.69, 9.17) is 4.74 Å². The summed E-state index contributed by atoms with van der Waals surface area (Å²) in [5, 5.41) is 2.97. The minimum absolute atomic E-state index is 0.0947. The number of fused-ring (bicyclic) bond motifs is 1. The fourth-order valence-corrected chi connectivity index (χ4v) is 3.31. The van der Waals surface area contributed by atoms with Gasteiger partial charge in [-0.05, 0) is 50.3 Å². The van der Waals surface area contributed by atoms with Crippen molar-refractivity contribution < 1.29 is 9.53 Å². The molecule has 0 atom stereocenters. The predicted molar refractivity (Wildman–Crippen MR) is 98.6 cm³/mol. The monoisotopic (exact) mass is 340 g/mol. The molecule has 3 rings (SSSR count). The van der Waals surface area contributed by atoms with Gasteiger partial charge in [0, 0.05) is 24.0 Å². The van der Waals surface area contributed by atoms with Crippen LogP contribution in [0, 0.1) is 0 Å². The van der Waals surface area contributed by atoms with Gasteiger partial charge in [-0.1, -0.05) is 19.1 Å². The number of hydrogen-bond acceptors (Lipinski definition) is 3. The molecule has 132 valence electrons. The Morgan fingerprint density at radius 2 is 2.08 bits per heavy atom. The molecule has 0 saturated heterocycles. The molecule has 0 bridgehead atoms. The topological polar surface area (TPSA) is 60.3 Å². The molecule has 5 heteroatoms. The summed E-state index contributed by atoms with van der Waals surface area (Å²) in [4.78, 5) is 25.3. The molecule has 0 fully saturated rings. The Morgan fingerprint density at radius 1 is 1.24 bits per heavy atom. The molecule has 1 aromatic carbocycles. The van der Waals surface area contributed by atoms with E-state index in [1.165, 1.54) is 6.07 Å². The van der Waals surface area contributed by atoms with Crippen LogP contribution in [0.25, 0.3) is 0 Å². The number of aromatic nitrogens is 1. The average molecular weight is 340 g/mol. The molecule has 0 spiro atoms. The van der Waals surface area contributed by atoms with Crippen molar-refractivity contribution in [3.8, 4) is 5.75 Å². The van der Waals surface area contributed by atoms with Gasteiger partial charge in [0.1, 0.15) is 11.3 Å². The molecule has 1 aliphatic rings. The zero-order chi connectivity index (χ0) is 17.8. The van der Waals surface area contributed by atoms with Gasteiger partial charge in [0.05, 0.1) is 6.61 Å². The molecular weight excluding hydrogens is 316 g/mol. The number of rotatable bonds is 5. The average Bonchev–Trinajstić information content (AvgIpc) is 2.62. The van der Waals surface area contributed by atoms with Gasteiger partial charge in [-0.2, -0.15) is 0 Å². The van der Waals surface area contributed by atoms with E-state index >= 15 is 0 Å². The fourth-order valence-electron chi connectivity index (χ4n) is 3.31. The smallest absolute Gasteiger partial charge is 0.261 e. The van der Waals surface area contributed by atoms with Gasteiger partial charge in [-0.3, -0.25) is 9.59 Å². The quantitative estimate of drug-likeness (QED) is 0.907. The van der Waals surface area contributed by atoms with Crippen LogP contribution in [0.5, 0.6) is 5.75 Å². The van der Waals surface area contributed by atoms with E-state index in [1.54, 1.807) is 4.57 Å². The highest BCUT2D eigenvalue weighted by atomic mass is 16.5. The van der Waals surface area contributed by atoms with Gasteiger partial charge in [0.15, 0.2) is 0 Å². The standard InChI is InChI=1S/C20H24N2O3/c1-3-14-8-7-9-15(12-14)21-20(24)19-16-10-5-6-11-22(16)18(23)13-17(19)25-4-2/h7-9,12-13H,3-6,10-11H2,1-2H3,(H,21,24). The molecule has 0 unspecified atom stereocenters. The van der Waals surface area contributed by atoms with Crippen LogP contribution in [-0.2, 0) is 19.4 Å². The molecule has 5 nitrogen and oxygen atoms in total. The molecule has 1 aliphatic heterocycles. The first-order valence-electron chi connectivity index (χ1n) is 8.93. The zero-order valence-electron chi connectivity index (χ0n) is 14.8. The summed E-state index contributed by atoms with van der Waals surface area (Å²) in [5.41, 5.74) is 3.10. The number of carbonyl (C=O) groups excluding carboxylic acids is 1. The van der Waals surface area contributed by atoms with Crippen LogP contribution < -0.4 is 15.6 Å². The Kier molecular flexibility index (Phi) is 5.22. The lowest BCUT2D eigenvalue weighted by Gasteiger charge is -2.23. The van der Waals surface area contributed by atoms with Gasteiger partial charge >= 0.3 is 0 Å². The fraction of sp³-hybridized carbons (Fsp3) is 0.400. The Balaban J connectivity index is 2.01. The molecule has 2 heterocycles. The number of aryl methyl sites for hydroxylation is 1. The van der Waals surface area contributed by atoms with E-state index in [0.717, 1.165) is 36.2 Å². The van der Waals surface area contributed by atoms with Crippen molar-refractivity contribution >= 4 is 11.6 Å². The molecule has 25 heavy (non-hydrogen) atoms. The first kappa shape index (κ1) is 17.3. The van der Waals surface area contributed by atoms with Crippen LogP contribution in [0.1, 0.15) is 48.3 Å². The van der Waals surface area contributed by atoms with E-state index in [-0.39, 0.29) is 11.5 Å². The van der Waals surface area contributed by atoms with Gasteiger partial charge in [-0.25, -0.2) is 0 Å². The van der Waals surface area contributed by atoms with Crippen molar-refractivity contribution in [2.24, 2.45) is 0 Å². The summed E-state index contributed by atoms with van der Waals surface area (Å²) >= 11 is 0. The minimum atomic E-state index is -0.220. The van der Waals surface area contributed by atoms with E-state index in [1.807, 2.05) is 31.2 Å². The number of hydrogen-bond donors (Lipinski definition) is 1. The summed E-state index contributed by atoms with van der Waals surface area (Å²) in [5.74, 6) is 0.159. The van der Waals surface area contributed by atoms with Crippen LogP contribution in [0.4, 0.5) is 5.69 Å². The summed E-state index contributed by atoms with van der Waals surface area (Å²) in [6, 6.07) is 9.25. The van der Waals surface area contributed by atoms with Crippen molar-refractivity contribution in [2.75, 3.05) is 11.9 Å². The number of carbonyl (C=O) groups is 1. The summed E-state index contributed by atoms with van der Waals surface area (Å²) in [6.45, 7) is 5.00. The van der Waals surface area contributed by atoms with Crippen LogP contribution in [0.2, 0.25) is 0 Å². The summed E-state index contributed by atoms with van der Waals surface area (Å²) in [6.07, 6.45) is 3.55. The lowest BCUT2D eigenvalue weighted by atomic mass is 10.0. The van der Waals surface area contributed by atoms with E-state index < -0.39 is 0 Å². The van der Waals surface area contributed by atoms with Crippen molar-refractivity contribution in [3.05, 3.63) is 57.5 Å². The number of ether oxygens (including phenoxy) is 1. The number of nitrogens with zero attached hydrogens (tertiary/aromatic N) is 1. The highest BCUT2D eigenvalue weighted by Gasteiger charge is 2.24. The van der Waals surface area contributed by atoms with Crippen molar-refractivity contribution in [2.45, 2.75) is 46.1 Å². The Labute approximate surface area is 147 Å². The number of amides is 1. The lowest BCUT2D eigenvalue weighted by Crippen LogP contribution is -2.31. The maximum absolute atomic E-state index is 13.0. The van der Waals surface area contributed by atoms with Crippen molar-refractivity contribution in [1.29, 1.82) is 0 Å². The van der Waals surface area contributed by atoms with Gasteiger partial charge in [-0.15, -0.1) is 0 Å². The lowest BCUT2D eigenvalue weighted by molar-refractivity contribution is 0.102. The second-order valence-electron chi connectivity index (χ2n) is 6.22. The minimum Gasteiger partial charge on any atom is -0.493 e. The van der Waals surface area contributed by atoms with Crippen LogP contribution in [-0.4, -0.2) is 17.1 Å². The van der Waals surface area contributed by atoms with E-state index in [2.05, 4.69) is 12.2 Å². The van der Waals surface area contributed by atoms with Gasteiger partial charge < -0.3 is 14.6 Å². The Bertz CT molecular complexity index is 839. The summed E-state index contributed by atoms with van der Waals surface area (Å²) < 4.78 is 7.33. The Morgan fingerprint density at radius 3 is 2.84 bits per heavy atom. The molecular formula is C20H24N2O3. The van der Waals surface area contributed by atoms with E-state index in [0.29, 0.717) is 30.9 Å². The third-order valence-corrected chi connectivity index (χ3v) is 4.55.